The lowest BCUT2D eigenvalue weighted by molar-refractivity contribution is 0.000555. The molecule has 1 heterocycles. The Morgan fingerprint density at radius 3 is 3.00 bits per heavy atom. The third-order valence-electron chi connectivity index (χ3n) is 3.39. The average molecular weight is 314 g/mol. The van der Waals surface area contributed by atoms with Crippen LogP contribution in [-0.2, 0) is 11.2 Å². The Bertz CT molecular complexity index is 391. The summed E-state index contributed by atoms with van der Waals surface area (Å²) in [5.74, 6) is 0.893. The average Bonchev–Trinajstić information content (AvgIpc) is 2.40. The SMILES string of the molecule is COc1ccc(Br)cc1CC(N)C1CCCCO1. The first-order valence-corrected chi connectivity index (χ1v) is 7.19. The van der Waals surface area contributed by atoms with Crippen molar-refractivity contribution in [3.05, 3.63) is 28.2 Å². The molecule has 0 bridgehead atoms. The summed E-state index contributed by atoms with van der Waals surface area (Å²) >= 11 is 3.48. The van der Waals surface area contributed by atoms with Gasteiger partial charge in [0.1, 0.15) is 5.75 Å². The maximum atomic E-state index is 6.26. The highest BCUT2D eigenvalue weighted by molar-refractivity contribution is 9.10. The van der Waals surface area contributed by atoms with Crippen LogP contribution in [0, 0.1) is 0 Å². The molecule has 1 aromatic carbocycles. The van der Waals surface area contributed by atoms with Crippen molar-refractivity contribution in [2.45, 2.75) is 37.8 Å². The molecule has 0 aliphatic carbocycles. The molecule has 1 aliphatic rings. The molecule has 0 amide bonds. The van der Waals surface area contributed by atoms with Crippen molar-refractivity contribution in [3.63, 3.8) is 0 Å². The molecule has 1 fully saturated rings. The van der Waals surface area contributed by atoms with E-state index in [1.54, 1.807) is 7.11 Å². The second-order valence-electron chi connectivity index (χ2n) is 4.73. The predicted octanol–water partition coefficient (Wildman–Crippen LogP) is 2.90. The van der Waals surface area contributed by atoms with Crippen LogP contribution in [0.5, 0.6) is 5.75 Å². The lowest BCUT2D eigenvalue weighted by Gasteiger charge is -2.28. The molecule has 2 atom stereocenters. The number of nitrogens with two attached hydrogens (primary N) is 1. The van der Waals surface area contributed by atoms with Crippen LogP contribution >= 0.6 is 15.9 Å². The maximum absolute atomic E-state index is 6.26. The topological polar surface area (TPSA) is 44.5 Å². The highest BCUT2D eigenvalue weighted by Gasteiger charge is 2.22. The monoisotopic (exact) mass is 313 g/mol. The Labute approximate surface area is 117 Å². The first-order chi connectivity index (χ1) is 8.70. The molecule has 2 unspecified atom stereocenters. The minimum Gasteiger partial charge on any atom is -0.496 e. The van der Waals surface area contributed by atoms with Crippen molar-refractivity contribution in [1.82, 2.24) is 0 Å². The molecule has 2 N–H and O–H groups in total. The van der Waals surface area contributed by atoms with Gasteiger partial charge >= 0.3 is 0 Å². The quantitative estimate of drug-likeness (QED) is 0.929. The summed E-state index contributed by atoms with van der Waals surface area (Å²) in [6, 6.07) is 6.05. The largest absolute Gasteiger partial charge is 0.496 e. The molecule has 0 aromatic heterocycles. The van der Waals surface area contributed by atoms with Gasteiger partial charge in [0.25, 0.3) is 0 Å². The number of halogens is 1. The molecule has 1 aliphatic heterocycles. The van der Waals surface area contributed by atoms with Crippen molar-refractivity contribution in [2.24, 2.45) is 5.73 Å². The second kappa shape index (κ2) is 6.55. The molecule has 0 spiro atoms. The fourth-order valence-electron chi connectivity index (χ4n) is 2.40. The van der Waals surface area contributed by atoms with E-state index in [-0.39, 0.29) is 12.1 Å². The summed E-state index contributed by atoms with van der Waals surface area (Å²) < 4.78 is 12.2. The summed E-state index contributed by atoms with van der Waals surface area (Å²) in [5, 5.41) is 0. The number of methoxy groups -OCH3 is 1. The summed E-state index contributed by atoms with van der Waals surface area (Å²) in [6.07, 6.45) is 4.41. The molecule has 1 aromatic rings. The molecule has 4 heteroatoms. The van der Waals surface area contributed by atoms with Gasteiger partial charge in [-0.25, -0.2) is 0 Å². The van der Waals surface area contributed by atoms with Crippen molar-refractivity contribution in [2.75, 3.05) is 13.7 Å². The Morgan fingerprint density at radius 1 is 1.50 bits per heavy atom. The highest BCUT2D eigenvalue weighted by atomic mass is 79.9. The Morgan fingerprint density at radius 2 is 2.33 bits per heavy atom. The second-order valence-corrected chi connectivity index (χ2v) is 5.64. The molecule has 0 saturated carbocycles. The fourth-order valence-corrected chi connectivity index (χ4v) is 2.80. The number of hydrogen-bond acceptors (Lipinski definition) is 3. The van der Waals surface area contributed by atoms with Gasteiger partial charge in [0.15, 0.2) is 0 Å². The van der Waals surface area contributed by atoms with E-state index in [9.17, 15) is 0 Å². The smallest absolute Gasteiger partial charge is 0.122 e. The van der Waals surface area contributed by atoms with Crippen LogP contribution in [0.15, 0.2) is 22.7 Å². The van der Waals surface area contributed by atoms with E-state index in [1.165, 1.54) is 6.42 Å². The first-order valence-electron chi connectivity index (χ1n) is 6.40. The summed E-state index contributed by atoms with van der Waals surface area (Å²) in [6.45, 7) is 0.841. The fraction of sp³-hybridized carbons (Fsp3) is 0.571. The molecule has 1 saturated heterocycles. The Balaban J connectivity index is 2.05. The lowest BCUT2D eigenvalue weighted by atomic mass is 9.96. The summed E-state index contributed by atoms with van der Waals surface area (Å²) in [4.78, 5) is 0. The standard InChI is InChI=1S/C14H20BrNO2/c1-17-13-6-5-11(15)8-10(13)9-12(16)14-4-2-3-7-18-14/h5-6,8,12,14H,2-4,7,9,16H2,1H3. The first kappa shape index (κ1) is 13.8. The van der Waals surface area contributed by atoms with Crippen LogP contribution in [0.2, 0.25) is 0 Å². The van der Waals surface area contributed by atoms with Crippen molar-refractivity contribution in [1.29, 1.82) is 0 Å². The highest BCUT2D eigenvalue weighted by Crippen LogP contribution is 2.26. The minimum absolute atomic E-state index is 0.0356. The molecule has 100 valence electrons. The number of hydrogen-bond donors (Lipinski definition) is 1. The predicted molar refractivity (Wildman–Crippen MR) is 76.0 cm³/mol. The minimum atomic E-state index is 0.0356. The van der Waals surface area contributed by atoms with Crippen LogP contribution in [0.4, 0.5) is 0 Å². The van der Waals surface area contributed by atoms with Crippen LogP contribution in [0.3, 0.4) is 0 Å². The van der Waals surface area contributed by atoms with E-state index in [1.807, 2.05) is 12.1 Å². The zero-order valence-electron chi connectivity index (χ0n) is 10.7. The van der Waals surface area contributed by atoms with Crippen molar-refractivity contribution >= 4 is 15.9 Å². The Hall–Kier alpha value is -0.580. The van der Waals surface area contributed by atoms with Crippen molar-refractivity contribution < 1.29 is 9.47 Å². The van der Waals surface area contributed by atoms with Gasteiger partial charge in [-0.2, -0.15) is 0 Å². The summed E-state index contributed by atoms with van der Waals surface area (Å²) in [7, 11) is 1.69. The van der Waals surface area contributed by atoms with Crippen LogP contribution in [0.25, 0.3) is 0 Å². The van der Waals surface area contributed by atoms with Gasteiger partial charge in [-0.3, -0.25) is 0 Å². The van der Waals surface area contributed by atoms with Gasteiger partial charge in [-0.15, -0.1) is 0 Å². The zero-order chi connectivity index (χ0) is 13.0. The van der Waals surface area contributed by atoms with Gasteiger partial charge < -0.3 is 15.2 Å². The van der Waals surface area contributed by atoms with E-state index in [0.29, 0.717) is 0 Å². The molecular formula is C14H20BrNO2. The van der Waals surface area contributed by atoms with Gasteiger partial charge in [0, 0.05) is 17.1 Å². The third kappa shape index (κ3) is 3.46. The van der Waals surface area contributed by atoms with Crippen LogP contribution in [-0.4, -0.2) is 25.9 Å². The zero-order valence-corrected chi connectivity index (χ0v) is 12.3. The number of benzene rings is 1. The lowest BCUT2D eigenvalue weighted by Crippen LogP contribution is -2.40. The maximum Gasteiger partial charge on any atom is 0.122 e. The molecule has 3 nitrogen and oxygen atoms in total. The normalized spacial score (nSPS) is 21.6. The van der Waals surface area contributed by atoms with E-state index >= 15 is 0 Å². The molecule has 18 heavy (non-hydrogen) atoms. The molecule has 2 rings (SSSR count). The van der Waals surface area contributed by atoms with Gasteiger partial charge in [-0.1, -0.05) is 15.9 Å². The summed E-state index contributed by atoms with van der Waals surface area (Å²) in [5.41, 5.74) is 7.39. The van der Waals surface area contributed by atoms with Crippen LogP contribution < -0.4 is 10.5 Å². The molecule has 0 radical (unpaired) electrons. The van der Waals surface area contributed by atoms with Gasteiger partial charge in [-0.05, 0) is 49.4 Å². The number of rotatable bonds is 4. The van der Waals surface area contributed by atoms with E-state index in [2.05, 4.69) is 22.0 Å². The third-order valence-corrected chi connectivity index (χ3v) is 3.88. The van der Waals surface area contributed by atoms with E-state index in [4.69, 9.17) is 15.2 Å². The van der Waals surface area contributed by atoms with E-state index < -0.39 is 0 Å². The van der Waals surface area contributed by atoms with Crippen molar-refractivity contribution in [3.8, 4) is 5.75 Å². The van der Waals surface area contributed by atoms with Gasteiger partial charge in [0.05, 0.1) is 13.2 Å². The molecular weight excluding hydrogens is 294 g/mol. The van der Waals surface area contributed by atoms with Gasteiger partial charge in [0.2, 0.25) is 0 Å². The Kier molecular flexibility index (Phi) is 5.03. The van der Waals surface area contributed by atoms with E-state index in [0.717, 1.165) is 41.7 Å². The number of ether oxygens (including phenoxy) is 2. The van der Waals surface area contributed by atoms with Crippen LogP contribution in [0.1, 0.15) is 24.8 Å².